The fourth-order valence-electron chi connectivity index (χ4n) is 1.04. The standard InChI is InChI=1S/C11H18FNO/c1-6-8-13(4)9(3)11(12)10(7-2)14-5/h7H,2-3,6,8H2,1,4-5H3/b11-10-. The number of ether oxygens (including phenoxy) is 1. The van der Waals surface area contributed by atoms with Crippen LogP contribution in [0.4, 0.5) is 4.39 Å². The molecule has 2 nitrogen and oxygen atoms in total. The Labute approximate surface area is 85.4 Å². The summed E-state index contributed by atoms with van der Waals surface area (Å²) in [5.41, 5.74) is 0.323. The van der Waals surface area contributed by atoms with Gasteiger partial charge in [-0.2, -0.15) is 0 Å². The summed E-state index contributed by atoms with van der Waals surface area (Å²) < 4.78 is 18.4. The van der Waals surface area contributed by atoms with Gasteiger partial charge in [0, 0.05) is 13.6 Å². The van der Waals surface area contributed by atoms with E-state index in [1.807, 2.05) is 6.92 Å². The van der Waals surface area contributed by atoms with Gasteiger partial charge in [0.1, 0.15) is 0 Å². The second kappa shape index (κ2) is 6.24. The highest BCUT2D eigenvalue weighted by Crippen LogP contribution is 2.18. The Kier molecular flexibility index (Phi) is 5.68. The third-order valence-electron chi connectivity index (χ3n) is 1.89. The van der Waals surface area contributed by atoms with Crippen molar-refractivity contribution < 1.29 is 9.13 Å². The molecule has 0 unspecified atom stereocenters. The molecule has 14 heavy (non-hydrogen) atoms. The predicted molar refractivity (Wildman–Crippen MR) is 57.4 cm³/mol. The summed E-state index contributed by atoms with van der Waals surface area (Å²) in [5.74, 6) is -0.337. The Morgan fingerprint density at radius 2 is 2.14 bits per heavy atom. The van der Waals surface area contributed by atoms with Gasteiger partial charge in [-0.3, -0.25) is 0 Å². The molecule has 0 saturated carbocycles. The third kappa shape index (κ3) is 3.24. The van der Waals surface area contributed by atoms with Gasteiger partial charge >= 0.3 is 0 Å². The van der Waals surface area contributed by atoms with Crippen LogP contribution in [0, 0.1) is 0 Å². The van der Waals surface area contributed by atoms with Crippen molar-refractivity contribution in [3.63, 3.8) is 0 Å². The van der Waals surface area contributed by atoms with Gasteiger partial charge in [-0.1, -0.05) is 20.1 Å². The minimum Gasteiger partial charge on any atom is -0.494 e. The largest absolute Gasteiger partial charge is 0.494 e. The summed E-state index contributed by atoms with van der Waals surface area (Å²) in [6, 6.07) is 0. The molecule has 0 saturated heterocycles. The molecular weight excluding hydrogens is 181 g/mol. The van der Waals surface area contributed by atoms with Gasteiger partial charge in [0.2, 0.25) is 0 Å². The van der Waals surface area contributed by atoms with E-state index in [0.29, 0.717) is 5.70 Å². The molecule has 0 amide bonds. The molecule has 0 aromatic rings. The summed E-state index contributed by atoms with van der Waals surface area (Å²) in [7, 11) is 3.20. The molecule has 0 heterocycles. The van der Waals surface area contributed by atoms with Crippen LogP contribution in [0.15, 0.2) is 36.5 Å². The first-order valence-corrected chi connectivity index (χ1v) is 4.55. The number of likely N-dealkylation sites (N-methyl/N-ethyl adjacent to an activating group) is 1. The molecule has 0 radical (unpaired) electrons. The van der Waals surface area contributed by atoms with Crippen molar-refractivity contribution in [3.8, 4) is 0 Å². The predicted octanol–water partition coefficient (Wildman–Crippen LogP) is 2.86. The van der Waals surface area contributed by atoms with Crippen molar-refractivity contribution in [2.45, 2.75) is 13.3 Å². The van der Waals surface area contributed by atoms with Crippen LogP contribution in [0.2, 0.25) is 0 Å². The molecule has 0 aromatic heterocycles. The average Bonchev–Trinajstić information content (AvgIpc) is 2.18. The summed E-state index contributed by atoms with van der Waals surface area (Å²) >= 11 is 0. The zero-order valence-electron chi connectivity index (χ0n) is 9.14. The first-order valence-electron chi connectivity index (χ1n) is 4.55. The van der Waals surface area contributed by atoms with E-state index < -0.39 is 5.83 Å². The van der Waals surface area contributed by atoms with E-state index in [9.17, 15) is 4.39 Å². The van der Waals surface area contributed by atoms with Crippen molar-refractivity contribution in [1.82, 2.24) is 4.90 Å². The molecular formula is C11H18FNO. The lowest BCUT2D eigenvalue weighted by molar-refractivity contribution is 0.285. The number of hydrogen-bond acceptors (Lipinski definition) is 2. The number of rotatable bonds is 6. The summed E-state index contributed by atoms with van der Waals surface area (Å²) in [6.45, 7) is 9.90. The van der Waals surface area contributed by atoms with E-state index in [1.165, 1.54) is 13.2 Å². The topological polar surface area (TPSA) is 12.5 Å². The smallest absolute Gasteiger partial charge is 0.187 e. The second-order valence-electron chi connectivity index (χ2n) is 2.95. The molecule has 3 heteroatoms. The summed E-state index contributed by atoms with van der Waals surface area (Å²) in [6.07, 6.45) is 2.28. The van der Waals surface area contributed by atoms with Crippen LogP contribution < -0.4 is 0 Å². The van der Waals surface area contributed by atoms with Crippen molar-refractivity contribution in [1.29, 1.82) is 0 Å². The molecule has 0 spiro atoms. The van der Waals surface area contributed by atoms with Gasteiger partial charge in [-0.15, -0.1) is 0 Å². The maximum absolute atomic E-state index is 13.6. The maximum atomic E-state index is 13.6. The Bertz CT molecular complexity index is 246. The number of hydrogen-bond donors (Lipinski definition) is 0. The second-order valence-corrected chi connectivity index (χ2v) is 2.95. The fourth-order valence-corrected chi connectivity index (χ4v) is 1.04. The number of allylic oxidation sites excluding steroid dienone is 2. The summed E-state index contributed by atoms with van der Waals surface area (Å²) in [5, 5.41) is 0. The Balaban J connectivity index is 4.66. The van der Waals surface area contributed by atoms with E-state index in [2.05, 4.69) is 13.2 Å². The Morgan fingerprint density at radius 3 is 2.50 bits per heavy atom. The first kappa shape index (κ1) is 12.8. The SMILES string of the molecule is C=C/C(OC)=C(/F)C(=C)N(C)CCC. The van der Waals surface area contributed by atoms with Crippen LogP contribution in [0.1, 0.15) is 13.3 Å². The van der Waals surface area contributed by atoms with Gasteiger partial charge in [-0.25, -0.2) is 4.39 Å². The number of methoxy groups -OCH3 is 1. The minimum atomic E-state index is -0.460. The van der Waals surface area contributed by atoms with E-state index in [4.69, 9.17) is 4.74 Å². The molecule has 0 aromatic carbocycles. The van der Waals surface area contributed by atoms with Crippen molar-refractivity contribution in [2.75, 3.05) is 20.7 Å². The van der Waals surface area contributed by atoms with Crippen molar-refractivity contribution in [3.05, 3.63) is 36.5 Å². The zero-order chi connectivity index (χ0) is 11.1. The normalized spacial score (nSPS) is 11.7. The van der Waals surface area contributed by atoms with Crippen LogP contribution in [-0.4, -0.2) is 25.6 Å². The van der Waals surface area contributed by atoms with Crippen LogP contribution in [0.5, 0.6) is 0 Å². The number of nitrogens with zero attached hydrogens (tertiary/aromatic N) is 1. The molecule has 0 aliphatic heterocycles. The summed E-state index contributed by atoms with van der Waals surface area (Å²) in [4.78, 5) is 1.75. The highest BCUT2D eigenvalue weighted by Gasteiger charge is 2.11. The lowest BCUT2D eigenvalue weighted by atomic mass is 10.3. The minimum absolute atomic E-state index is 0.123. The zero-order valence-corrected chi connectivity index (χ0v) is 9.14. The van der Waals surface area contributed by atoms with E-state index >= 15 is 0 Å². The lowest BCUT2D eigenvalue weighted by Crippen LogP contribution is -2.18. The maximum Gasteiger partial charge on any atom is 0.187 e. The quantitative estimate of drug-likeness (QED) is 0.482. The van der Waals surface area contributed by atoms with Gasteiger partial charge in [0.15, 0.2) is 11.6 Å². The third-order valence-corrected chi connectivity index (χ3v) is 1.89. The van der Waals surface area contributed by atoms with E-state index in [1.54, 1.807) is 11.9 Å². The lowest BCUT2D eigenvalue weighted by Gasteiger charge is -2.20. The van der Waals surface area contributed by atoms with Crippen LogP contribution in [0.25, 0.3) is 0 Å². The molecule has 0 aliphatic rings. The first-order chi connectivity index (χ1) is 6.58. The van der Waals surface area contributed by atoms with Gasteiger partial charge in [0.05, 0.1) is 12.8 Å². The molecule has 0 bridgehead atoms. The molecule has 0 fully saturated rings. The average molecular weight is 199 g/mol. The van der Waals surface area contributed by atoms with E-state index in [0.717, 1.165) is 13.0 Å². The van der Waals surface area contributed by atoms with Crippen LogP contribution >= 0.6 is 0 Å². The molecule has 0 atom stereocenters. The molecule has 0 rings (SSSR count). The van der Waals surface area contributed by atoms with Crippen molar-refractivity contribution >= 4 is 0 Å². The van der Waals surface area contributed by atoms with Crippen LogP contribution in [0.3, 0.4) is 0 Å². The van der Waals surface area contributed by atoms with Crippen molar-refractivity contribution in [2.24, 2.45) is 0 Å². The van der Waals surface area contributed by atoms with Gasteiger partial charge < -0.3 is 9.64 Å². The Morgan fingerprint density at radius 1 is 1.57 bits per heavy atom. The molecule has 0 N–H and O–H groups in total. The van der Waals surface area contributed by atoms with Gasteiger partial charge in [0.25, 0.3) is 0 Å². The molecule has 80 valence electrons. The monoisotopic (exact) mass is 199 g/mol. The number of halogens is 1. The van der Waals surface area contributed by atoms with E-state index in [-0.39, 0.29) is 5.76 Å². The van der Waals surface area contributed by atoms with Gasteiger partial charge in [-0.05, 0) is 12.5 Å². The Hall–Kier alpha value is -1.25. The highest BCUT2D eigenvalue weighted by molar-refractivity contribution is 5.28. The van der Waals surface area contributed by atoms with Crippen LogP contribution in [-0.2, 0) is 4.74 Å². The molecule has 0 aliphatic carbocycles. The fraction of sp³-hybridized carbons (Fsp3) is 0.455. The highest BCUT2D eigenvalue weighted by atomic mass is 19.1.